The van der Waals surface area contributed by atoms with Crippen molar-refractivity contribution in [1.82, 2.24) is 15.0 Å². The number of halogens is 1. The highest BCUT2D eigenvalue weighted by atomic mass is 35.5. The van der Waals surface area contributed by atoms with E-state index in [-0.39, 0.29) is 17.9 Å². The van der Waals surface area contributed by atoms with Crippen molar-refractivity contribution < 1.29 is 4.52 Å². The van der Waals surface area contributed by atoms with Crippen LogP contribution >= 0.6 is 12.4 Å². The van der Waals surface area contributed by atoms with Gasteiger partial charge in [-0.25, -0.2) is 0 Å². The molecule has 0 unspecified atom stereocenters. The Bertz CT molecular complexity index is 718. The standard InChI is InChI=1S/C19H27N5O.ClH/c1-14(2)23-10-12-24(13-11-23)16-6-4-15(5-7-16)17-21-18(22-25-17)19(20)8-3-9-19;/h4-7,14H,3,8-13,20H2,1-2H3;1H. The second-order valence-corrected chi connectivity index (χ2v) is 7.60. The summed E-state index contributed by atoms with van der Waals surface area (Å²) in [6.07, 6.45) is 3.01. The van der Waals surface area contributed by atoms with Crippen molar-refractivity contribution in [2.24, 2.45) is 5.73 Å². The Kier molecular flexibility index (Phi) is 5.55. The van der Waals surface area contributed by atoms with Gasteiger partial charge in [-0.2, -0.15) is 4.98 Å². The molecule has 1 aromatic carbocycles. The Morgan fingerprint density at radius 2 is 1.73 bits per heavy atom. The maximum atomic E-state index is 6.27. The molecule has 26 heavy (non-hydrogen) atoms. The molecule has 0 radical (unpaired) electrons. The van der Waals surface area contributed by atoms with E-state index in [1.807, 2.05) is 0 Å². The molecular formula is C19H28ClN5O. The highest BCUT2D eigenvalue weighted by molar-refractivity contribution is 5.85. The van der Waals surface area contributed by atoms with Crippen molar-refractivity contribution in [1.29, 1.82) is 0 Å². The van der Waals surface area contributed by atoms with Gasteiger partial charge in [0.2, 0.25) is 0 Å². The third kappa shape index (κ3) is 3.59. The van der Waals surface area contributed by atoms with Crippen molar-refractivity contribution in [3.63, 3.8) is 0 Å². The summed E-state index contributed by atoms with van der Waals surface area (Å²) in [4.78, 5) is 9.48. The minimum absolute atomic E-state index is 0. The van der Waals surface area contributed by atoms with E-state index in [0.29, 0.717) is 17.8 Å². The van der Waals surface area contributed by atoms with E-state index in [0.717, 1.165) is 51.0 Å². The van der Waals surface area contributed by atoms with E-state index in [1.54, 1.807) is 0 Å². The van der Waals surface area contributed by atoms with Crippen LogP contribution in [0.5, 0.6) is 0 Å². The van der Waals surface area contributed by atoms with Crippen LogP contribution in [0.2, 0.25) is 0 Å². The van der Waals surface area contributed by atoms with Gasteiger partial charge >= 0.3 is 0 Å². The van der Waals surface area contributed by atoms with Gasteiger partial charge in [-0.15, -0.1) is 12.4 Å². The van der Waals surface area contributed by atoms with Crippen LogP contribution in [0.15, 0.2) is 28.8 Å². The molecule has 7 heteroatoms. The summed E-state index contributed by atoms with van der Waals surface area (Å²) in [5.41, 5.74) is 8.10. The predicted molar refractivity (Wildman–Crippen MR) is 106 cm³/mol. The molecule has 6 nitrogen and oxygen atoms in total. The summed E-state index contributed by atoms with van der Waals surface area (Å²) in [5.74, 6) is 1.20. The number of anilines is 1. The number of benzene rings is 1. The predicted octanol–water partition coefficient (Wildman–Crippen LogP) is 3.03. The van der Waals surface area contributed by atoms with Crippen molar-refractivity contribution in [2.75, 3.05) is 31.1 Å². The molecule has 0 bridgehead atoms. The fraction of sp³-hybridized carbons (Fsp3) is 0.579. The smallest absolute Gasteiger partial charge is 0.257 e. The molecule has 1 saturated carbocycles. The average molecular weight is 378 g/mol. The summed E-state index contributed by atoms with van der Waals surface area (Å²) < 4.78 is 5.44. The number of rotatable bonds is 4. The molecular weight excluding hydrogens is 350 g/mol. The summed E-state index contributed by atoms with van der Waals surface area (Å²) in [6.45, 7) is 8.89. The van der Waals surface area contributed by atoms with Crippen molar-refractivity contribution in [2.45, 2.75) is 44.7 Å². The highest BCUT2D eigenvalue weighted by Gasteiger charge is 2.39. The second-order valence-electron chi connectivity index (χ2n) is 7.60. The first-order valence-electron chi connectivity index (χ1n) is 9.28. The minimum Gasteiger partial charge on any atom is -0.369 e. The SMILES string of the molecule is CC(C)N1CCN(c2ccc(-c3nc(C4(N)CCC4)no3)cc2)CC1.Cl. The quantitative estimate of drug-likeness (QED) is 0.883. The van der Waals surface area contributed by atoms with Crippen LogP contribution in [0.4, 0.5) is 5.69 Å². The molecule has 1 aromatic heterocycles. The van der Waals surface area contributed by atoms with Gasteiger partial charge in [0.15, 0.2) is 5.82 Å². The lowest BCUT2D eigenvalue weighted by Gasteiger charge is -2.38. The van der Waals surface area contributed by atoms with Gasteiger partial charge < -0.3 is 15.2 Å². The molecule has 2 N–H and O–H groups in total. The van der Waals surface area contributed by atoms with Crippen molar-refractivity contribution in [3.8, 4) is 11.5 Å². The molecule has 2 aromatic rings. The van der Waals surface area contributed by atoms with Gasteiger partial charge in [-0.3, -0.25) is 4.90 Å². The Hall–Kier alpha value is -1.63. The monoisotopic (exact) mass is 377 g/mol. The van der Waals surface area contributed by atoms with Crippen LogP contribution in [-0.2, 0) is 5.54 Å². The van der Waals surface area contributed by atoms with E-state index < -0.39 is 0 Å². The van der Waals surface area contributed by atoms with Crippen molar-refractivity contribution >= 4 is 18.1 Å². The summed E-state index contributed by atoms with van der Waals surface area (Å²) in [7, 11) is 0. The van der Waals surface area contributed by atoms with Crippen LogP contribution in [0.3, 0.4) is 0 Å². The number of hydrogen-bond donors (Lipinski definition) is 1. The van der Waals surface area contributed by atoms with Gasteiger partial charge in [0.1, 0.15) is 0 Å². The van der Waals surface area contributed by atoms with Crippen molar-refractivity contribution in [3.05, 3.63) is 30.1 Å². The fourth-order valence-electron chi connectivity index (χ4n) is 3.64. The van der Waals surface area contributed by atoms with Crippen LogP contribution in [0.25, 0.3) is 11.5 Å². The van der Waals surface area contributed by atoms with Crippen LogP contribution < -0.4 is 10.6 Å². The van der Waals surface area contributed by atoms with Crippen LogP contribution in [0.1, 0.15) is 38.9 Å². The first-order chi connectivity index (χ1) is 12.0. The first-order valence-corrected chi connectivity index (χ1v) is 9.28. The zero-order valence-corrected chi connectivity index (χ0v) is 16.3. The summed E-state index contributed by atoms with van der Waals surface area (Å²) in [6, 6.07) is 9.03. The summed E-state index contributed by atoms with van der Waals surface area (Å²) in [5, 5.41) is 4.10. The van der Waals surface area contributed by atoms with Gasteiger partial charge in [0, 0.05) is 43.5 Å². The number of aromatic nitrogens is 2. The fourth-order valence-corrected chi connectivity index (χ4v) is 3.64. The second kappa shape index (κ2) is 7.55. The van der Waals surface area contributed by atoms with Gasteiger partial charge in [-0.1, -0.05) is 5.16 Å². The van der Waals surface area contributed by atoms with E-state index in [9.17, 15) is 0 Å². The largest absolute Gasteiger partial charge is 0.369 e. The molecule has 1 saturated heterocycles. The lowest BCUT2D eigenvalue weighted by molar-refractivity contribution is 0.209. The molecule has 2 fully saturated rings. The zero-order chi connectivity index (χ0) is 17.4. The lowest BCUT2D eigenvalue weighted by atomic mass is 9.77. The average Bonchev–Trinajstić information content (AvgIpc) is 3.10. The topological polar surface area (TPSA) is 71.4 Å². The Balaban J connectivity index is 0.00000196. The maximum absolute atomic E-state index is 6.27. The molecule has 142 valence electrons. The number of piperazine rings is 1. The van der Waals surface area contributed by atoms with Gasteiger partial charge in [0.05, 0.1) is 5.54 Å². The molecule has 1 aliphatic heterocycles. The molecule has 1 aliphatic carbocycles. The molecule has 0 amide bonds. The molecule has 4 rings (SSSR count). The Labute approximate surface area is 161 Å². The normalized spacial score (nSPS) is 19.9. The number of hydrogen-bond acceptors (Lipinski definition) is 6. The van der Waals surface area contributed by atoms with E-state index >= 15 is 0 Å². The molecule has 2 aliphatic rings. The number of nitrogens with zero attached hydrogens (tertiary/aromatic N) is 4. The molecule has 0 atom stereocenters. The van der Waals surface area contributed by atoms with E-state index in [4.69, 9.17) is 10.3 Å². The van der Waals surface area contributed by atoms with Crippen LogP contribution in [0, 0.1) is 0 Å². The Morgan fingerprint density at radius 3 is 2.27 bits per heavy atom. The zero-order valence-electron chi connectivity index (χ0n) is 15.5. The van der Waals surface area contributed by atoms with Gasteiger partial charge in [-0.05, 0) is 57.4 Å². The summed E-state index contributed by atoms with van der Waals surface area (Å²) >= 11 is 0. The molecule has 2 heterocycles. The first kappa shape index (κ1) is 19.1. The Morgan fingerprint density at radius 1 is 1.08 bits per heavy atom. The van der Waals surface area contributed by atoms with E-state index in [1.165, 1.54) is 5.69 Å². The number of nitrogens with two attached hydrogens (primary N) is 1. The molecule has 0 spiro atoms. The van der Waals surface area contributed by atoms with E-state index in [2.05, 4.69) is 58.1 Å². The van der Waals surface area contributed by atoms with Gasteiger partial charge in [0.25, 0.3) is 5.89 Å². The third-order valence-electron chi connectivity index (χ3n) is 5.64. The maximum Gasteiger partial charge on any atom is 0.257 e. The minimum atomic E-state index is -0.377. The lowest BCUT2D eigenvalue weighted by Crippen LogP contribution is -2.48. The van der Waals surface area contributed by atoms with Crippen LogP contribution in [-0.4, -0.2) is 47.3 Å². The third-order valence-corrected chi connectivity index (χ3v) is 5.64. The highest BCUT2D eigenvalue weighted by Crippen LogP contribution is 2.37.